The van der Waals surface area contributed by atoms with Crippen LogP contribution in [0, 0.1) is 20.8 Å². The molecule has 0 fully saturated rings. The Hall–Kier alpha value is -1.88. The number of aryl methyl sites for hydroxylation is 3. The average molecular weight is 275 g/mol. The maximum absolute atomic E-state index is 12.2. The van der Waals surface area contributed by atoms with E-state index in [0.29, 0.717) is 17.8 Å². The van der Waals surface area contributed by atoms with E-state index in [4.69, 9.17) is 5.73 Å². The number of anilines is 1. The Morgan fingerprint density at radius 3 is 2.68 bits per heavy atom. The van der Waals surface area contributed by atoms with Gasteiger partial charge in [0.05, 0.1) is 17.7 Å². The Bertz CT molecular complexity index is 619. The van der Waals surface area contributed by atoms with Crippen molar-refractivity contribution in [2.45, 2.75) is 27.3 Å². The van der Waals surface area contributed by atoms with E-state index in [0.717, 1.165) is 21.7 Å². The number of rotatable bonds is 3. The number of hydrogen-bond donors (Lipinski definition) is 2. The number of nitrogens with two attached hydrogens (primary N) is 1. The summed E-state index contributed by atoms with van der Waals surface area (Å²) in [6.45, 7) is 6.29. The lowest BCUT2D eigenvalue weighted by atomic mass is 10.0. The lowest BCUT2D eigenvalue weighted by Gasteiger charge is -2.10. The molecule has 0 saturated carbocycles. The number of carbonyl (C=O) groups excluding carboxylic acids is 1. The van der Waals surface area contributed by atoms with Crippen molar-refractivity contribution >= 4 is 22.9 Å². The summed E-state index contributed by atoms with van der Waals surface area (Å²) in [6.07, 6.45) is 0. The first-order chi connectivity index (χ1) is 8.99. The normalized spacial score (nSPS) is 10.5. The maximum Gasteiger partial charge on any atom is 0.251 e. The fraction of sp³-hybridized carbons (Fsp3) is 0.286. The van der Waals surface area contributed by atoms with E-state index >= 15 is 0 Å². The molecule has 1 amide bonds. The fourth-order valence-corrected chi connectivity index (χ4v) is 2.58. The van der Waals surface area contributed by atoms with Crippen LogP contribution in [0.5, 0.6) is 0 Å². The first-order valence-electron chi connectivity index (χ1n) is 6.03. The standard InChI is InChI=1S/C14H17N3OS/c1-8-4-9(2)12(15)5-11(8)14(18)16-6-13-10(3)17-7-19-13/h4-5,7H,6,15H2,1-3H3,(H,16,18). The molecule has 4 nitrogen and oxygen atoms in total. The first-order valence-corrected chi connectivity index (χ1v) is 6.91. The maximum atomic E-state index is 12.2. The zero-order valence-electron chi connectivity index (χ0n) is 11.3. The molecule has 3 N–H and O–H groups in total. The van der Waals surface area contributed by atoms with Gasteiger partial charge in [0.1, 0.15) is 0 Å². The van der Waals surface area contributed by atoms with Crippen LogP contribution in [-0.2, 0) is 6.54 Å². The van der Waals surface area contributed by atoms with Crippen LogP contribution in [0.2, 0.25) is 0 Å². The van der Waals surface area contributed by atoms with Gasteiger partial charge in [0.2, 0.25) is 0 Å². The topological polar surface area (TPSA) is 68.0 Å². The zero-order valence-corrected chi connectivity index (χ0v) is 12.1. The third-order valence-electron chi connectivity index (χ3n) is 3.11. The lowest BCUT2D eigenvalue weighted by molar-refractivity contribution is 0.0950. The number of nitrogens with zero attached hydrogens (tertiary/aromatic N) is 1. The first kappa shape index (κ1) is 13.5. The third kappa shape index (κ3) is 2.93. The van der Waals surface area contributed by atoms with Crippen molar-refractivity contribution in [1.29, 1.82) is 0 Å². The minimum Gasteiger partial charge on any atom is -0.398 e. The summed E-state index contributed by atoms with van der Waals surface area (Å²) in [7, 11) is 0. The highest BCUT2D eigenvalue weighted by Crippen LogP contribution is 2.18. The van der Waals surface area contributed by atoms with Crippen LogP contribution < -0.4 is 11.1 Å². The highest BCUT2D eigenvalue weighted by molar-refractivity contribution is 7.09. The van der Waals surface area contributed by atoms with Crippen LogP contribution in [0.25, 0.3) is 0 Å². The molecule has 0 aliphatic carbocycles. The molecule has 0 saturated heterocycles. The molecule has 0 spiro atoms. The summed E-state index contributed by atoms with van der Waals surface area (Å²) in [5, 5.41) is 2.91. The molecule has 1 aromatic carbocycles. The Balaban J connectivity index is 2.12. The van der Waals surface area contributed by atoms with Gasteiger partial charge in [-0.2, -0.15) is 0 Å². The van der Waals surface area contributed by atoms with Gasteiger partial charge in [0.25, 0.3) is 5.91 Å². The Morgan fingerprint density at radius 2 is 2.05 bits per heavy atom. The van der Waals surface area contributed by atoms with Gasteiger partial charge in [0, 0.05) is 16.1 Å². The molecule has 0 aliphatic heterocycles. The predicted octanol–water partition coefficient (Wildman–Crippen LogP) is 2.58. The highest BCUT2D eigenvalue weighted by atomic mass is 32.1. The van der Waals surface area contributed by atoms with Gasteiger partial charge in [-0.05, 0) is 38.0 Å². The van der Waals surface area contributed by atoms with Crippen molar-refractivity contribution in [3.8, 4) is 0 Å². The predicted molar refractivity (Wildman–Crippen MR) is 78.3 cm³/mol. The van der Waals surface area contributed by atoms with Gasteiger partial charge in [-0.15, -0.1) is 11.3 Å². The smallest absolute Gasteiger partial charge is 0.251 e. The van der Waals surface area contributed by atoms with Gasteiger partial charge >= 0.3 is 0 Å². The second-order valence-electron chi connectivity index (χ2n) is 4.57. The minimum atomic E-state index is -0.1000. The minimum absolute atomic E-state index is 0.1000. The summed E-state index contributed by atoms with van der Waals surface area (Å²) in [4.78, 5) is 17.4. The van der Waals surface area contributed by atoms with Gasteiger partial charge in [0.15, 0.2) is 0 Å². The summed E-state index contributed by atoms with van der Waals surface area (Å²) < 4.78 is 0. The lowest BCUT2D eigenvalue weighted by Crippen LogP contribution is -2.23. The van der Waals surface area contributed by atoms with Crippen LogP contribution in [-0.4, -0.2) is 10.9 Å². The van der Waals surface area contributed by atoms with E-state index in [1.165, 1.54) is 0 Å². The van der Waals surface area contributed by atoms with E-state index in [1.54, 1.807) is 22.9 Å². The number of aromatic nitrogens is 1. The quantitative estimate of drug-likeness (QED) is 0.846. The van der Waals surface area contributed by atoms with Crippen molar-refractivity contribution < 1.29 is 4.79 Å². The number of thiazole rings is 1. The Kier molecular flexibility index (Phi) is 3.85. The number of nitrogen functional groups attached to an aromatic ring is 1. The van der Waals surface area contributed by atoms with Gasteiger partial charge in [-0.25, -0.2) is 4.98 Å². The molecule has 1 aromatic heterocycles. The molecule has 1 heterocycles. The third-order valence-corrected chi connectivity index (χ3v) is 4.05. The van der Waals surface area contributed by atoms with E-state index in [9.17, 15) is 4.79 Å². The number of benzene rings is 1. The molecule has 0 radical (unpaired) electrons. The second kappa shape index (κ2) is 5.40. The van der Waals surface area contributed by atoms with Crippen molar-refractivity contribution in [1.82, 2.24) is 10.3 Å². The number of carbonyl (C=O) groups is 1. The van der Waals surface area contributed by atoms with Crippen LogP contribution in [0.15, 0.2) is 17.6 Å². The summed E-state index contributed by atoms with van der Waals surface area (Å²) in [5.41, 5.74) is 11.8. The van der Waals surface area contributed by atoms with Crippen molar-refractivity contribution in [3.63, 3.8) is 0 Å². The Labute approximate surface area is 116 Å². The van der Waals surface area contributed by atoms with Crippen LogP contribution in [0.1, 0.15) is 32.1 Å². The second-order valence-corrected chi connectivity index (χ2v) is 5.51. The average Bonchev–Trinajstić information content (AvgIpc) is 2.76. The van der Waals surface area contributed by atoms with E-state index < -0.39 is 0 Å². The molecule has 0 bridgehead atoms. The molecule has 0 unspecified atom stereocenters. The zero-order chi connectivity index (χ0) is 14.0. The van der Waals surface area contributed by atoms with E-state index in [-0.39, 0.29) is 5.91 Å². The van der Waals surface area contributed by atoms with Gasteiger partial charge in [-0.1, -0.05) is 6.07 Å². The molecular weight excluding hydrogens is 258 g/mol. The van der Waals surface area contributed by atoms with Crippen LogP contribution in [0.4, 0.5) is 5.69 Å². The van der Waals surface area contributed by atoms with E-state index in [2.05, 4.69) is 10.3 Å². The summed E-state index contributed by atoms with van der Waals surface area (Å²) >= 11 is 1.55. The number of nitrogens with one attached hydrogen (secondary N) is 1. The monoisotopic (exact) mass is 275 g/mol. The molecule has 2 aromatic rings. The molecular formula is C14H17N3OS. The Morgan fingerprint density at radius 1 is 1.32 bits per heavy atom. The molecule has 5 heteroatoms. The molecule has 0 aliphatic rings. The van der Waals surface area contributed by atoms with Crippen LogP contribution in [0.3, 0.4) is 0 Å². The SMILES string of the molecule is Cc1cc(C)c(C(=O)NCc2scnc2C)cc1N. The summed E-state index contributed by atoms with van der Waals surface area (Å²) in [6, 6.07) is 3.67. The van der Waals surface area contributed by atoms with Crippen molar-refractivity contribution in [3.05, 3.63) is 44.9 Å². The van der Waals surface area contributed by atoms with Gasteiger partial charge < -0.3 is 11.1 Å². The highest BCUT2D eigenvalue weighted by Gasteiger charge is 2.11. The van der Waals surface area contributed by atoms with Gasteiger partial charge in [-0.3, -0.25) is 4.79 Å². The molecule has 100 valence electrons. The van der Waals surface area contributed by atoms with Crippen molar-refractivity contribution in [2.75, 3.05) is 5.73 Å². The largest absolute Gasteiger partial charge is 0.398 e. The van der Waals surface area contributed by atoms with Crippen molar-refractivity contribution in [2.24, 2.45) is 0 Å². The fourth-order valence-electron chi connectivity index (χ4n) is 1.87. The molecule has 0 atom stereocenters. The number of hydrogen-bond acceptors (Lipinski definition) is 4. The number of amides is 1. The van der Waals surface area contributed by atoms with E-state index in [1.807, 2.05) is 26.8 Å². The molecule has 19 heavy (non-hydrogen) atoms. The van der Waals surface area contributed by atoms with Crippen LogP contribution >= 0.6 is 11.3 Å². The molecule has 2 rings (SSSR count). The summed E-state index contributed by atoms with van der Waals surface area (Å²) in [5.74, 6) is -0.1000.